The number of pyridine rings is 1. The molecule has 3 heterocycles. The SMILES string of the molecule is CC(C)(C)C1N=NC(CSc2nccc(-c3ccccn3)n2)=N1. The largest absolute Gasteiger partial charge is 0.255 e. The van der Waals surface area contributed by atoms with Crippen molar-refractivity contribution in [2.24, 2.45) is 20.6 Å². The van der Waals surface area contributed by atoms with Crippen molar-refractivity contribution in [3.8, 4) is 11.4 Å². The van der Waals surface area contributed by atoms with Gasteiger partial charge >= 0.3 is 0 Å². The number of hydrogen-bond donors (Lipinski definition) is 0. The number of azo groups is 1. The molecule has 3 rings (SSSR count). The van der Waals surface area contributed by atoms with Crippen molar-refractivity contribution in [1.29, 1.82) is 0 Å². The highest BCUT2D eigenvalue weighted by Gasteiger charge is 2.27. The number of amidine groups is 1. The van der Waals surface area contributed by atoms with Gasteiger partial charge < -0.3 is 0 Å². The molecule has 7 heteroatoms. The van der Waals surface area contributed by atoms with Crippen LogP contribution in [0.2, 0.25) is 0 Å². The fraction of sp³-hybridized carbons (Fsp3) is 0.375. The summed E-state index contributed by atoms with van der Waals surface area (Å²) in [5.41, 5.74) is 1.64. The molecule has 0 fully saturated rings. The van der Waals surface area contributed by atoms with Crippen molar-refractivity contribution >= 4 is 17.6 Å². The number of aromatic nitrogens is 3. The zero-order valence-corrected chi connectivity index (χ0v) is 14.2. The molecule has 0 bridgehead atoms. The maximum atomic E-state index is 4.55. The van der Waals surface area contributed by atoms with Crippen LogP contribution in [0.1, 0.15) is 20.8 Å². The Bertz CT molecular complexity index is 736. The van der Waals surface area contributed by atoms with Crippen LogP contribution >= 0.6 is 11.8 Å². The second-order valence-electron chi connectivity index (χ2n) is 6.23. The van der Waals surface area contributed by atoms with E-state index in [2.05, 4.69) is 50.9 Å². The summed E-state index contributed by atoms with van der Waals surface area (Å²) in [5.74, 6) is 1.35. The molecular weight excluding hydrogens is 308 g/mol. The molecule has 0 saturated carbocycles. The molecule has 1 unspecified atom stereocenters. The third-order valence-corrected chi connectivity index (χ3v) is 4.08. The van der Waals surface area contributed by atoms with E-state index in [1.165, 1.54) is 11.8 Å². The van der Waals surface area contributed by atoms with Crippen LogP contribution in [0.4, 0.5) is 0 Å². The van der Waals surface area contributed by atoms with Crippen molar-refractivity contribution in [2.75, 3.05) is 5.75 Å². The van der Waals surface area contributed by atoms with Crippen LogP contribution in [0.15, 0.2) is 57.0 Å². The second kappa shape index (κ2) is 6.54. The molecule has 0 aromatic carbocycles. The molecule has 0 amide bonds. The van der Waals surface area contributed by atoms with Gasteiger partial charge in [-0.3, -0.25) is 4.98 Å². The molecule has 1 atom stereocenters. The van der Waals surface area contributed by atoms with Gasteiger partial charge in [-0.15, -0.1) is 5.11 Å². The summed E-state index contributed by atoms with van der Waals surface area (Å²) in [4.78, 5) is 17.7. The zero-order chi connectivity index (χ0) is 16.3. The summed E-state index contributed by atoms with van der Waals surface area (Å²) in [5, 5.41) is 9.07. The van der Waals surface area contributed by atoms with Gasteiger partial charge in [-0.1, -0.05) is 38.6 Å². The summed E-state index contributed by atoms with van der Waals surface area (Å²) in [6.45, 7) is 6.32. The summed E-state index contributed by atoms with van der Waals surface area (Å²) < 4.78 is 0. The van der Waals surface area contributed by atoms with Gasteiger partial charge in [0.05, 0.1) is 17.1 Å². The smallest absolute Gasteiger partial charge is 0.188 e. The highest BCUT2D eigenvalue weighted by molar-refractivity contribution is 7.99. The first-order valence-electron chi connectivity index (χ1n) is 7.37. The molecule has 6 nitrogen and oxygen atoms in total. The van der Waals surface area contributed by atoms with Crippen molar-refractivity contribution in [3.63, 3.8) is 0 Å². The lowest BCUT2D eigenvalue weighted by Crippen LogP contribution is -2.20. The average Bonchev–Trinajstić information content (AvgIpc) is 3.03. The van der Waals surface area contributed by atoms with Gasteiger partial charge in [-0.2, -0.15) is 5.11 Å². The van der Waals surface area contributed by atoms with Gasteiger partial charge in [0.25, 0.3) is 0 Å². The van der Waals surface area contributed by atoms with E-state index < -0.39 is 0 Å². The Labute approximate surface area is 139 Å². The van der Waals surface area contributed by atoms with Crippen LogP contribution in [0.3, 0.4) is 0 Å². The molecule has 2 aromatic rings. The van der Waals surface area contributed by atoms with Crippen LogP contribution in [-0.2, 0) is 0 Å². The lowest BCUT2D eigenvalue weighted by molar-refractivity contribution is 0.330. The highest BCUT2D eigenvalue weighted by Crippen LogP contribution is 2.28. The quantitative estimate of drug-likeness (QED) is 0.631. The molecule has 2 aromatic heterocycles. The zero-order valence-electron chi connectivity index (χ0n) is 13.3. The molecule has 23 heavy (non-hydrogen) atoms. The molecule has 0 aliphatic carbocycles. The first-order valence-corrected chi connectivity index (χ1v) is 8.36. The third-order valence-electron chi connectivity index (χ3n) is 3.22. The van der Waals surface area contributed by atoms with Crippen LogP contribution in [0.5, 0.6) is 0 Å². The van der Waals surface area contributed by atoms with Crippen LogP contribution in [0, 0.1) is 5.41 Å². The summed E-state index contributed by atoms with van der Waals surface area (Å²) in [7, 11) is 0. The Morgan fingerprint density at radius 3 is 2.61 bits per heavy atom. The molecule has 0 spiro atoms. The average molecular weight is 326 g/mol. The van der Waals surface area contributed by atoms with E-state index in [-0.39, 0.29) is 11.6 Å². The highest BCUT2D eigenvalue weighted by atomic mass is 32.2. The van der Waals surface area contributed by atoms with Crippen LogP contribution in [0.25, 0.3) is 11.4 Å². The topological polar surface area (TPSA) is 75.8 Å². The molecule has 0 radical (unpaired) electrons. The molecule has 118 valence electrons. The number of thioether (sulfide) groups is 1. The number of rotatable bonds is 4. The van der Waals surface area contributed by atoms with E-state index in [1.54, 1.807) is 12.4 Å². The standard InChI is InChI=1S/C16H18N6S/c1-16(2,3)14-20-13(21-22-14)10-23-15-18-9-7-12(19-15)11-6-4-5-8-17-11/h4-9,14H,10H2,1-3H3. The second-order valence-corrected chi connectivity index (χ2v) is 7.17. The van der Waals surface area contributed by atoms with E-state index in [0.29, 0.717) is 10.9 Å². The maximum Gasteiger partial charge on any atom is 0.188 e. The Hall–Kier alpha value is -2.15. The third kappa shape index (κ3) is 3.98. The lowest BCUT2D eigenvalue weighted by atomic mass is 9.93. The minimum atomic E-state index is -0.0983. The summed E-state index contributed by atoms with van der Waals surface area (Å²) in [6.07, 6.45) is 3.40. The van der Waals surface area contributed by atoms with Crippen LogP contribution in [-0.4, -0.2) is 32.7 Å². The first-order chi connectivity index (χ1) is 11.0. The predicted molar refractivity (Wildman–Crippen MR) is 91.5 cm³/mol. The van der Waals surface area contributed by atoms with E-state index in [9.17, 15) is 0 Å². The van der Waals surface area contributed by atoms with E-state index in [4.69, 9.17) is 0 Å². The maximum absolute atomic E-state index is 4.55. The van der Waals surface area contributed by atoms with Gasteiger partial charge in [-0.25, -0.2) is 15.0 Å². The predicted octanol–water partition coefficient (Wildman–Crippen LogP) is 3.87. The number of aliphatic imine (C=N–C) groups is 1. The summed E-state index contributed by atoms with van der Waals surface area (Å²) >= 11 is 1.50. The Morgan fingerprint density at radius 1 is 1.04 bits per heavy atom. The lowest BCUT2D eigenvalue weighted by Gasteiger charge is -2.19. The normalized spacial score (nSPS) is 17.3. The van der Waals surface area contributed by atoms with Crippen molar-refractivity contribution in [1.82, 2.24) is 15.0 Å². The Balaban J connectivity index is 1.67. The fourth-order valence-corrected chi connectivity index (χ4v) is 2.63. The molecular formula is C16H18N6S. The number of hydrogen-bond acceptors (Lipinski definition) is 7. The fourth-order valence-electron chi connectivity index (χ4n) is 1.94. The van der Waals surface area contributed by atoms with Crippen molar-refractivity contribution < 1.29 is 0 Å². The van der Waals surface area contributed by atoms with E-state index in [1.807, 2.05) is 24.3 Å². The first kappa shape index (κ1) is 15.7. The minimum absolute atomic E-state index is 0.00862. The monoisotopic (exact) mass is 326 g/mol. The Kier molecular flexibility index (Phi) is 4.47. The molecule has 1 aliphatic heterocycles. The van der Waals surface area contributed by atoms with Crippen molar-refractivity contribution in [2.45, 2.75) is 32.1 Å². The Morgan fingerprint density at radius 2 is 1.91 bits per heavy atom. The molecule has 0 saturated heterocycles. The van der Waals surface area contributed by atoms with Gasteiger partial charge in [0, 0.05) is 17.8 Å². The van der Waals surface area contributed by atoms with Crippen LogP contribution < -0.4 is 0 Å². The van der Waals surface area contributed by atoms with Gasteiger partial charge in [-0.05, 0) is 18.2 Å². The molecule has 1 aliphatic rings. The minimum Gasteiger partial charge on any atom is -0.255 e. The van der Waals surface area contributed by atoms with Gasteiger partial charge in [0.15, 0.2) is 17.2 Å². The van der Waals surface area contributed by atoms with Crippen molar-refractivity contribution in [3.05, 3.63) is 36.7 Å². The summed E-state index contributed by atoms with van der Waals surface area (Å²) in [6, 6.07) is 7.61. The van der Waals surface area contributed by atoms with E-state index >= 15 is 0 Å². The van der Waals surface area contributed by atoms with Gasteiger partial charge in [0.1, 0.15) is 0 Å². The van der Waals surface area contributed by atoms with E-state index in [0.717, 1.165) is 17.2 Å². The molecule has 0 N–H and O–H groups in total. The number of nitrogens with zero attached hydrogens (tertiary/aromatic N) is 6. The van der Waals surface area contributed by atoms with Gasteiger partial charge in [0.2, 0.25) is 0 Å².